The summed E-state index contributed by atoms with van der Waals surface area (Å²) < 4.78 is 19.6. The Morgan fingerprint density at radius 3 is 2.27 bits per heavy atom. The molecule has 6 heteroatoms. The second-order valence-electron chi connectivity index (χ2n) is 9.99. The lowest BCUT2D eigenvalue weighted by Crippen LogP contribution is -2.52. The molecule has 0 aliphatic rings. The molecular weight excluding hydrogens is 467 g/mol. The van der Waals surface area contributed by atoms with Crippen LogP contribution in [0.25, 0.3) is 0 Å². The zero-order chi connectivity index (χ0) is 26.9. The highest BCUT2D eigenvalue weighted by atomic mass is 19.1. The summed E-state index contributed by atoms with van der Waals surface area (Å²) in [6, 6.07) is 18.8. The minimum Gasteiger partial charge on any atom is -0.483 e. The van der Waals surface area contributed by atoms with E-state index in [0.29, 0.717) is 18.7 Å². The molecule has 0 aromatic heterocycles. The molecule has 0 saturated heterocycles. The maximum absolute atomic E-state index is 13.7. The van der Waals surface area contributed by atoms with E-state index in [9.17, 15) is 14.0 Å². The molecule has 2 amide bonds. The third kappa shape index (κ3) is 8.17. The van der Waals surface area contributed by atoms with E-state index >= 15 is 0 Å². The SMILES string of the molecule is Cc1cc(C)c(C)c(OCC(=O)N(Cc2ccc(F)cc2)[C@@H](Cc2ccccc2)C(=O)NCC(C)C)c1. The number of nitrogens with one attached hydrogen (secondary N) is 1. The van der Waals surface area contributed by atoms with Crippen LogP contribution < -0.4 is 10.1 Å². The normalized spacial score (nSPS) is 11.8. The average molecular weight is 505 g/mol. The lowest BCUT2D eigenvalue weighted by atomic mass is 10.0. The summed E-state index contributed by atoms with van der Waals surface area (Å²) in [6.07, 6.45) is 0.348. The van der Waals surface area contributed by atoms with Gasteiger partial charge in [-0.2, -0.15) is 0 Å². The van der Waals surface area contributed by atoms with Gasteiger partial charge in [-0.3, -0.25) is 9.59 Å². The first-order valence-electron chi connectivity index (χ1n) is 12.7. The molecule has 0 saturated carbocycles. The van der Waals surface area contributed by atoms with Crippen LogP contribution in [-0.2, 0) is 22.6 Å². The van der Waals surface area contributed by atoms with Crippen LogP contribution in [0.3, 0.4) is 0 Å². The molecule has 3 rings (SSSR count). The van der Waals surface area contributed by atoms with E-state index in [4.69, 9.17) is 4.74 Å². The molecule has 0 fully saturated rings. The minimum atomic E-state index is -0.761. The quantitative estimate of drug-likeness (QED) is 0.373. The Kier molecular flexibility index (Phi) is 9.84. The number of aryl methyl sites for hydroxylation is 2. The van der Waals surface area contributed by atoms with Gasteiger partial charge in [-0.15, -0.1) is 0 Å². The first-order chi connectivity index (χ1) is 17.6. The Bertz CT molecular complexity index is 1190. The van der Waals surface area contributed by atoms with Crippen molar-refractivity contribution in [2.24, 2.45) is 5.92 Å². The molecule has 0 heterocycles. The van der Waals surface area contributed by atoms with Crippen LogP contribution in [0.15, 0.2) is 66.7 Å². The van der Waals surface area contributed by atoms with Crippen LogP contribution in [0.5, 0.6) is 5.75 Å². The van der Waals surface area contributed by atoms with Crippen molar-refractivity contribution < 1.29 is 18.7 Å². The highest BCUT2D eigenvalue weighted by Gasteiger charge is 2.31. The number of carbonyl (C=O) groups is 2. The number of amides is 2. The zero-order valence-corrected chi connectivity index (χ0v) is 22.4. The zero-order valence-electron chi connectivity index (χ0n) is 22.4. The molecule has 5 nitrogen and oxygen atoms in total. The molecule has 0 unspecified atom stereocenters. The average Bonchev–Trinajstić information content (AvgIpc) is 2.87. The van der Waals surface area contributed by atoms with Crippen LogP contribution in [0.2, 0.25) is 0 Å². The van der Waals surface area contributed by atoms with Crippen LogP contribution in [0.4, 0.5) is 4.39 Å². The van der Waals surface area contributed by atoms with Crippen molar-refractivity contribution in [3.63, 3.8) is 0 Å². The predicted octanol–water partition coefficient (Wildman–Crippen LogP) is 5.54. The third-order valence-electron chi connectivity index (χ3n) is 6.34. The maximum atomic E-state index is 13.7. The van der Waals surface area contributed by atoms with E-state index in [1.807, 2.05) is 71.0 Å². The highest BCUT2D eigenvalue weighted by Crippen LogP contribution is 2.24. The fourth-order valence-electron chi connectivity index (χ4n) is 4.14. The van der Waals surface area contributed by atoms with E-state index in [-0.39, 0.29) is 36.7 Å². The summed E-state index contributed by atoms with van der Waals surface area (Å²) in [5, 5.41) is 3.00. The Morgan fingerprint density at radius 1 is 0.946 bits per heavy atom. The number of halogens is 1. The van der Waals surface area contributed by atoms with Gasteiger partial charge in [0.25, 0.3) is 5.91 Å². The van der Waals surface area contributed by atoms with Gasteiger partial charge in [-0.05, 0) is 72.7 Å². The van der Waals surface area contributed by atoms with Crippen molar-refractivity contribution >= 4 is 11.8 Å². The molecule has 0 aliphatic carbocycles. The molecule has 37 heavy (non-hydrogen) atoms. The van der Waals surface area contributed by atoms with E-state index in [1.54, 1.807) is 17.0 Å². The first kappa shape index (κ1) is 27.9. The lowest BCUT2D eigenvalue weighted by Gasteiger charge is -2.32. The monoisotopic (exact) mass is 504 g/mol. The number of carbonyl (C=O) groups excluding carboxylic acids is 2. The van der Waals surface area contributed by atoms with Gasteiger partial charge < -0.3 is 15.0 Å². The fraction of sp³-hybridized carbons (Fsp3) is 0.355. The number of rotatable bonds is 11. The van der Waals surface area contributed by atoms with Crippen LogP contribution in [0.1, 0.15) is 41.7 Å². The van der Waals surface area contributed by atoms with Gasteiger partial charge in [-0.25, -0.2) is 4.39 Å². The summed E-state index contributed by atoms with van der Waals surface area (Å²) >= 11 is 0. The number of nitrogens with zero attached hydrogens (tertiary/aromatic N) is 1. The van der Waals surface area contributed by atoms with E-state index in [2.05, 4.69) is 11.4 Å². The van der Waals surface area contributed by atoms with Gasteiger partial charge in [0.2, 0.25) is 5.91 Å². The summed E-state index contributed by atoms with van der Waals surface area (Å²) in [5.41, 5.74) is 4.77. The van der Waals surface area contributed by atoms with Gasteiger partial charge in [0.15, 0.2) is 6.61 Å². The largest absolute Gasteiger partial charge is 0.483 e. The topological polar surface area (TPSA) is 58.6 Å². The van der Waals surface area contributed by atoms with Crippen molar-refractivity contribution in [2.75, 3.05) is 13.2 Å². The lowest BCUT2D eigenvalue weighted by molar-refractivity contribution is -0.142. The maximum Gasteiger partial charge on any atom is 0.261 e. The summed E-state index contributed by atoms with van der Waals surface area (Å²) in [6.45, 7) is 10.4. The molecule has 3 aromatic carbocycles. The Morgan fingerprint density at radius 2 is 1.62 bits per heavy atom. The second kappa shape index (κ2) is 13.0. The van der Waals surface area contributed by atoms with E-state index < -0.39 is 6.04 Å². The van der Waals surface area contributed by atoms with Crippen LogP contribution in [-0.4, -0.2) is 35.9 Å². The number of hydrogen-bond donors (Lipinski definition) is 1. The molecule has 1 atom stereocenters. The molecule has 3 aromatic rings. The molecule has 196 valence electrons. The van der Waals surface area contributed by atoms with Gasteiger partial charge >= 0.3 is 0 Å². The summed E-state index contributed by atoms with van der Waals surface area (Å²) in [7, 11) is 0. The van der Waals surface area contributed by atoms with Crippen LogP contribution in [0, 0.1) is 32.5 Å². The molecule has 0 radical (unpaired) electrons. The number of hydrogen-bond acceptors (Lipinski definition) is 3. The number of benzene rings is 3. The molecule has 0 aliphatic heterocycles. The molecular formula is C31H37FN2O3. The van der Waals surface area contributed by atoms with Gasteiger partial charge in [0.1, 0.15) is 17.6 Å². The Hall–Kier alpha value is -3.67. The smallest absolute Gasteiger partial charge is 0.261 e. The minimum absolute atomic E-state index is 0.154. The summed E-state index contributed by atoms with van der Waals surface area (Å²) in [5.74, 6) is 0.0137. The molecule has 1 N–H and O–H groups in total. The van der Waals surface area contributed by atoms with Crippen LogP contribution >= 0.6 is 0 Å². The predicted molar refractivity (Wildman–Crippen MR) is 145 cm³/mol. The van der Waals surface area contributed by atoms with Gasteiger partial charge in [0, 0.05) is 19.5 Å². The Balaban J connectivity index is 1.92. The van der Waals surface area contributed by atoms with E-state index in [1.165, 1.54) is 12.1 Å². The van der Waals surface area contributed by atoms with E-state index in [0.717, 1.165) is 27.8 Å². The Labute approximate surface area is 219 Å². The fourth-order valence-corrected chi connectivity index (χ4v) is 4.14. The van der Waals surface area contributed by atoms with Crippen molar-refractivity contribution in [1.29, 1.82) is 0 Å². The number of ether oxygens (including phenoxy) is 1. The van der Waals surface area contributed by atoms with Crippen molar-refractivity contribution in [3.05, 3.63) is 100 Å². The molecule has 0 spiro atoms. The van der Waals surface area contributed by atoms with Crippen molar-refractivity contribution in [2.45, 2.75) is 53.6 Å². The standard InChI is InChI=1S/C31H37FN2O3/c1-21(2)18-33-31(36)28(17-25-9-7-6-8-10-25)34(19-26-11-13-27(32)14-12-26)30(35)20-37-29-16-22(3)15-23(4)24(29)5/h6-16,21,28H,17-20H2,1-5H3,(H,33,36)/t28-/m0/s1. The first-order valence-corrected chi connectivity index (χ1v) is 12.7. The van der Waals surface area contributed by atoms with Gasteiger partial charge in [-0.1, -0.05) is 62.4 Å². The second-order valence-corrected chi connectivity index (χ2v) is 9.99. The van der Waals surface area contributed by atoms with Crippen molar-refractivity contribution in [3.8, 4) is 5.75 Å². The summed E-state index contributed by atoms with van der Waals surface area (Å²) in [4.78, 5) is 28.7. The molecule has 0 bridgehead atoms. The third-order valence-corrected chi connectivity index (χ3v) is 6.34. The highest BCUT2D eigenvalue weighted by molar-refractivity contribution is 5.88. The van der Waals surface area contributed by atoms with Crippen molar-refractivity contribution in [1.82, 2.24) is 10.2 Å². The van der Waals surface area contributed by atoms with Gasteiger partial charge in [0.05, 0.1) is 0 Å².